The van der Waals surface area contributed by atoms with Crippen molar-refractivity contribution in [1.29, 1.82) is 0 Å². The Kier molecular flexibility index (Phi) is 5.55. The average Bonchev–Trinajstić information content (AvgIpc) is 3.17. The van der Waals surface area contributed by atoms with Crippen LogP contribution in [0.4, 0.5) is 11.4 Å². The fourth-order valence-corrected chi connectivity index (χ4v) is 3.29. The van der Waals surface area contributed by atoms with Crippen LogP contribution in [0.2, 0.25) is 5.02 Å². The second kappa shape index (κ2) is 8.43. The summed E-state index contributed by atoms with van der Waals surface area (Å²) < 4.78 is 5.58. The minimum absolute atomic E-state index is 0.139. The van der Waals surface area contributed by atoms with Crippen molar-refractivity contribution in [1.82, 2.24) is 0 Å². The van der Waals surface area contributed by atoms with E-state index in [1.165, 1.54) is 0 Å². The number of para-hydroxylation sites is 1. The highest BCUT2D eigenvalue weighted by Gasteiger charge is 2.13. The van der Waals surface area contributed by atoms with E-state index in [1.807, 2.05) is 37.3 Å². The first-order valence-electron chi connectivity index (χ1n) is 9.43. The first-order valence-corrected chi connectivity index (χ1v) is 9.81. The van der Waals surface area contributed by atoms with Crippen LogP contribution in [0, 0.1) is 6.92 Å². The molecule has 0 saturated heterocycles. The van der Waals surface area contributed by atoms with Gasteiger partial charge in [0.25, 0.3) is 5.91 Å². The second-order valence-corrected chi connectivity index (χ2v) is 7.34. The van der Waals surface area contributed by atoms with Crippen LogP contribution in [0.5, 0.6) is 0 Å². The number of halogens is 1. The fraction of sp³-hybridized carbons (Fsp3) is 0.0833. The Labute approximate surface area is 178 Å². The van der Waals surface area contributed by atoms with Crippen LogP contribution in [0.25, 0.3) is 11.0 Å². The molecule has 5 nitrogen and oxygen atoms in total. The standard InChI is InChI=1S/C24H19ClN2O3/c1-15-19(25)6-4-7-20(15)27-23(28)13-16-9-11-18(12-10-16)26-24(29)22-14-17-5-2-3-8-21(17)30-22/h2-12,14H,13H2,1H3,(H,26,29)(H,27,28). The molecule has 0 unspecified atom stereocenters. The van der Waals surface area contributed by atoms with E-state index in [0.717, 1.165) is 16.5 Å². The van der Waals surface area contributed by atoms with Crippen LogP contribution < -0.4 is 10.6 Å². The van der Waals surface area contributed by atoms with Gasteiger partial charge in [0.1, 0.15) is 5.58 Å². The summed E-state index contributed by atoms with van der Waals surface area (Å²) in [6, 6.07) is 21.7. The molecule has 0 bridgehead atoms. The first kappa shape index (κ1) is 19.7. The zero-order valence-corrected chi connectivity index (χ0v) is 17.0. The number of hydrogen-bond donors (Lipinski definition) is 2. The number of fused-ring (bicyclic) bond motifs is 1. The number of carbonyl (C=O) groups is 2. The van der Waals surface area contributed by atoms with Gasteiger partial charge in [-0.2, -0.15) is 0 Å². The van der Waals surface area contributed by atoms with E-state index in [2.05, 4.69) is 10.6 Å². The summed E-state index contributed by atoms with van der Waals surface area (Å²) in [6.45, 7) is 1.86. The summed E-state index contributed by atoms with van der Waals surface area (Å²) in [6.07, 6.45) is 0.212. The maximum absolute atomic E-state index is 12.4. The summed E-state index contributed by atoms with van der Waals surface area (Å²) in [5.74, 6) is -0.218. The van der Waals surface area contributed by atoms with Crippen molar-refractivity contribution in [2.75, 3.05) is 10.6 Å². The van der Waals surface area contributed by atoms with E-state index in [-0.39, 0.29) is 24.0 Å². The molecule has 0 atom stereocenters. The quantitative estimate of drug-likeness (QED) is 0.428. The lowest BCUT2D eigenvalue weighted by atomic mass is 10.1. The molecule has 3 aromatic carbocycles. The summed E-state index contributed by atoms with van der Waals surface area (Å²) >= 11 is 6.09. The molecule has 0 aliphatic rings. The minimum atomic E-state index is -0.326. The Morgan fingerprint density at radius 1 is 0.933 bits per heavy atom. The smallest absolute Gasteiger partial charge is 0.291 e. The summed E-state index contributed by atoms with van der Waals surface area (Å²) in [5, 5.41) is 7.16. The number of furan rings is 1. The van der Waals surface area contributed by atoms with E-state index < -0.39 is 0 Å². The molecule has 150 valence electrons. The Hall–Kier alpha value is -3.57. The third-order valence-corrected chi connectivity index (χ3v) is 5.18. The summed E-state index contributed by atoms with van der Waals surface area (Å²) in [5.41, 5.74) is 3.64. The van der Waals surface area contributed by atoms with Crippen LogP contribution >= 0.6 is 11.6 Å². The SMILES string of the molecule is Cc1c(Cl)cccc1NC(=O)Cc1ccc(NC(=O)c2cc3ccccc3o2)cc1. The summed E-state index contributed by atoms with van der Waals surface area (Å²) in [4.78, 5) is 24.8. The highest BCUT2D eigenvalue weighted by Crippen LogP contribution is 2.23. The molecule has 0 aliphatic heterocycles. The largest absolute Gasteiger partial charge is 0.451 e. The van der Waals surface area contributed by atoms with Crippen molar-refractivity contribution in [2.24, 2.45) is 0 Å². The molecule has 2 amide bonds. The van der Waals surface area contributed by atoms with Crippen LogP contribution in [0.3, 0.4) is 0 Å². The van der Waals surface area contributed by atoms with Crippen LogP contribution in [-0.4, -0.2) is 11.8 Å². The number of benzene rings is 3. The Balaban J connectivity index is 1.38. The predicted molar refractivity (Wildman–Crippen MR) is 119 cm³/mol. The molecule has 30 heavy (non-hydrogen) atoms. The van der Waals surface area contributed by atoms with Crippen molar-refractivity contribution in [3.05, 3.63) is 94.7 Å². The van der Waals surface area contributed by atoms with E-state index >= 15 is 0 Å². The Morgan fingerprint density at radius 3 is 2.47 bits per heavy atom. The zero-order valence-electron chi connectivity index (χ0n) is 16.2. The molecule has 0 spiro atoms. The lowest BCUT2D eigenvalue weighted by molar-refractivity contribution is -0.115. The number of rotatable bonds is 5. The third kappa shape index (κ3) is 4.36. The zero-order chi connectivity index (χ0) is 21.1. The van der Waals surface area contributed by atoms with E-state index in [4.69, 9.17) is 16.0 Å². The molecule has 2 N–H and O–H groups in total. The predicted octanol–water partition coefficient (Wildman–Crippen LogP) is 5.83. The molecular weight excluding hydrogens is 400 g/mol. The van der Waals surface area contributed by atoms with Gasteiger partial charge in [0, 0.05) is 21.8 Å². The monoisotopic (exact) mass is 418 g/mol. The van der Waals surface area contributed by atoms with Crippen LogP contribution in [0.1, 0.15) is 21.7 Å². The first-order chi connectivity index (χ1) is 14.5. The third-order valence-electron chi connectivity index (χ3n) is 4.77. The highest BCUT2D eigenvalue weighted by molar-refractivity contribution is 6.31. The number of hydrogen-bond acceptors (Lipinski definition) is 3. The molecule has 4 aromatic rings. The lowest BCUT2D eigenvalue weighted by Crippen LogP contribution is -2.15. The van der Waals surface area contributed by atoms with Gasteiger partial charge in [-0.3, -0.25) is 9.59 Å². The molecule has 6 heteroatoms. The van der Waals surface area contributed by atoms with Crippen molar-refractivity contribution >= 4 is 45.8 Å². The summed E-state index contributed by atoms with van der Waals surface area (Å²) in [7, 11) is 0. The molecule has 0 fully saturated rings. The van der Waals surface area contributed by atoms with Crippen molar-refractivity contribution in [3.8, 4) is 0 Å². The van der Waals surface area contributed by atoms with Gasteiger partial charge >= 0.3 is 0 Å². The molecular formula is C24H19ClN2O3. The Bertz CT molecular complexity index is 1200. The van der Waals surface area contributed by atoms with E-state index in [0.29, 0.717) is 22.0 Å². The van der Waals surface area contributed by atoms with Crippen molar-refractivity contribution < 1.29 is 14.0 Å². The molecule has 1 heterocycles. The van der Waals surface area contributed by atoms with Crippen LogP contribution in [0.15, 0.2) is 77.2 Å². The number of carbonyl (C=O) groups excluding carboxylic acids is 2. The van der Waals surface area contributed by atoms with Gasteiger partial charge in [0.2, 0.25) is 5.91 Å². The van der Waals surface area contributed by atoms with Crippen molar-refractivity contribution in [2.45, 2.75) is 13.3 Å². The number of nitrogens with one attached hydrogen (secondary N) is 2. The fourth-order valence-electron chi connectivity index (χ4n) is 3.12. The van der Waals surface area contributed by atoms with Gasteiger partial charge < -0.3 is 15.1 Å². The maximum atomic E-state index is 12.4. The van der Waals surface area contributed by atoms with Crippen LogP contribution in [-0.2, 0) is 11.2 Å². The minimum Gasteiger partial charge on any atom is -0.451 e. The lowest BCUT2D eigenvalue weighted by Gasteiger charge is -2.10. The number of amides is 2. The maximum Gasteiger partial charge on any atom is 0.291 e. The normalized spacial score (nSPS) is 10.7. The van der Waals surface area contributed by atoms with Gasteiger partial charge in [-0.15, -0.1) is 0 Å². The van der Waals surface area contributed by atoms with E-state index in [1.54, 1.807) is 42.5 Å². The van der Waals surface area contributed by atoms with Crippen molar-refractivity contribution in [3.63, 3.8) is 0 Å². The molecule has 1 aromatic heterocycles. The van der Waals surface area contributed by atoms with Gasteiger partial charge in [-0.05, 0) is 54.4 Å². The van der Waals surface area contributed by atoms with E-state index in [9.17, 15) is 9.59 Å². The second-order valence-electron chi connectivity index (χ2n) is 6.94. The van der Waals surface area contributed by atoms with Gasteiger partial charge in [-0.1, -0.05) is 48.0 Å². The van der Waals surface area contributed by atoms with Gasteiger partial charge in [0.05, 0.1) is 6.42 Å². The molecule has 4 rings (SSSR count). The number of anilines is 2. The topological polar surface area (TPSA) is 71.3 Å². The molecule has 0 radical (unpaired) electrons. The molecule has 0 aliphatic carbocycles. The average molecular weight is 419 g/mol. The Morgan fingerprint density at radius 2 is 1.70 bits per heavy atom. The highest BCUT2D eigenvalue weighted by atomic mass is 35.5. The van der Waals surface area contributed by atoms with Gasteiger partial charge in [-0.25, -0.2) is 0 Å². The van der Waals surface area contributed by atoms with Gasteiger partial charge in [0.15, 0.2) is 5.76 Å². The molecule has 0 saturated carbocycles.